The van der Waals surface area contributed by atoms with Crippen molar-refractivity contribution < 1.29 is 13.6 Å². The van der Waals surface area contributed by atoms with E-state index in [0.717, 1.165) is 31.4 Å². The maximum absolute atomic E-state index is 12.9. The number of rotatable bonds is 5. The third-order valence-electron chi connectivity index (χ3n) is 4.34. The number of carbonyl (C=O) groups is 1. The zero-order chi connectivity index (χ0) is 16.9. The zero-order valence-corrected chi connectivity index (χ0v) is 13.9. The van der Waals surface area contributed by atoms with E-state index in [-0.39, 0.29) is 17.6 Å². The largest absolute Gasteiger partial charge is 0.425 e. The van der Waals surface area contributed by atoms with Gasteiger partial charge in [-0.3, -0.25) is 4.79 Å². The topological polar surface area (TPSA) is 59.2 Å². The van der Waals surface area contributed by atoms with Gasteiger partial charge < -0.3 is 9.32 Å². The standard InChI is InChI=1S/C18H22FN3O2/c1-2-4-17(23)22-10-3-5-14(12-22)18-21-20-16(24-18)11-13-6-8-15(19)9-7-13/h6-9,14H,2-5,10-12H2,1H3. The molecular weight excluding hydrogens is 309 g/mol. The van der Waals surface area contributed by atoms with E-state index in [1.165, 1.54) is 12.1 Å². The first-order chi connectivity index (χ1) is 11.7. The van der Waals surface area contributed by atoms with Crippen LogP contribution in [0.1, 0.15) is 55.9 Å². The molecular formula is C18H22FN3O2. The summed E-state index contributed by atoms with van der Waals surface area (Å²) in [5, 5.41) is 8.27. The van der Waals surface area contributed by atoms with Gasteiger partial charge in [0.25, 0.3) is 0 Å². The smallest absolute Gasteiger partial charge is 0.222 e. The molecule has 1 fully saturated rings. The van der Waals surface area contributed by atoms with Gasteiger partial charge in [0.05, 0.1) is 12.3 Å². The van der Waals surface area contributed by atoms with E-state index in [9.17, 15) is 9.18 Å². The van der Waals surface area contributed by atoms with E-state index in [1.54, 1.807) is 12.1 Å². The summed E-state index contributed by atoms with van der Waals surface area (Å²) in [5.74, 6) is 1.17. The van der Waals surface area contributed by atoms with Crippen LogP contribution < -0.4 is 0 Å². The van der Waals surface area contributed by atoms with Gasteiger partial charge in [0, 0.05) is 19.5 Å². The molecule has 1 atom stereocenters. The molecule has 1 unspecified atom stereocenters. The van der Waals surface area contributed by atoms with E-state index < -0.39 is 0 Å². The Labute approximate surface area is 140 Å². The summed E-state index contributed by atoms with van der Waals surface area (Å²) in [5.41, 5.74) is 0.926. The molecule has 3 rings (SSSR count). The van der Waals surface area contributed by atoms with Crippen molar-refractivity contribution in [1.82, 2.24) is 15.1 Å². The Hall–Kier alpha value is -2.24. The first kappa shape index (κ1) is 16.6. The number of amides is 1. The lowest BCUT2D eigenvalue weighted by molar-refractivity contribution is -0.132. The van der Waals surface area contributed by atoms with E-state index >= 15 is 0 Å². The van der Waals surface area contributed by atoms with Gasteiger partial charge in [0.15, 0.2) is 0 Å². The minimum Gasteiger partial charge on any atom is -0.425 e. The Balaban J connectivity index is 1.64. The molecule has 0 saturated carbocycles. The van der Waals surface area contributed by atoms with Crippen LogP contribution >= 0.6 is 0 Å². The zero-order valence-electron chi connectivity index (χ0n) is 13.9. The maximum atomic E-state index is 12.9. The van der Waals surface area contributed by atoms with Crippen LogP contribution in [0.15, 0.2) is 28.7 Å². The highest BCUT2D eigenvalue weighted by Gasteiger charge is 2.27. The molecule has 5 nitrogen and oxygen atoms in total. The number of hydrogen-bond acceptors (Lipinski definition) is 4. The minimum atomic E-state index is -0.260. The molecule has 1 amide bonds. The Morgan fingerprint density at radius 3 is 2.88 bits per heavy atom. The van der Waals surface area contributed by atoms with Crippen molar-refractivity contribution in [2.45, 2.75) is 44.9 Å². The molecule has 2 heterocycles. The number of nitrogens with zero attached hydrogens (tertiary/aromatic N) is 3. The third-order valence-corrected chi connectivity index (χ3v) is 4.34. The average molecular weight is 331 g/mol. The Morgan fingerprint density at radius 2 is 2.12 bits per heavy atom. The van der Waals surface area contributed by atoms with E-state index in [1.807, 2.05) is 11.8 Å². The molecule has 0 bridgehead atoms. The molecule has 1 aromatic carbocycles. The Morgan fingerprint density at radius 1 is 1.33 bits per heavy atom. The van der Waals surface area contributed by atoms with Gasteiger partial charge >= 0.3 is 0 Å². The van der Waals surface area contributed by atoms with Crippen LogP contribution in [0.3, 0.4) is 0 Å². The van der Waals surface area contributed by atoms with Crippen LogP contribution in [0.4, 0.5) is 4.39 Å². The summed E-state index contributed by atoms with van der Waals surface area (Å²) in [4.78, 5) is 14.0. The van der Waals surface area contributed by atoms with E-state index in [2.05, 4.69) is 10.2 Å². The first-order valence-electron chi connectivity index (χ1n) is 8.50. The molecule has 0 spiro atoms. The fourth-order valence-electron chi connectivity index (χ4n) is 3.06. The van der Waals surface area contributed by atoms with Crippen molar-refractivity contribution in [3.05, 3.63) is 47.4 Å². The number of benzene rings is 1. The Bertz CT molecular complexity index is 684. The van der Waals surface area contributed by atoms with Gasteiger partial charge in [0.1, 0.15) is 5.82 Å². The highest BCUT2D eigenvalue weighted by molar-refractivity contribution is 5.76. The van der Waals surface area contributed by atoms with Crippen LogP contribution in [0.5, 0.6) is 0 Å². The molecule has 1 aromatic heterocycles. The number of piperidine rings is 1. The molecule has 0 aliphatic carbocycles. The fourth-order valence-corrected chi connectivity index (χ4v) is 3.06. The first-order valence-corrected chi connectivity index (χ1v) is 8.50. The summed E-state index contributed by atoms with van der Waals surface area (Å²) in [6, 6.07) is 6.27. The van der Waals surface area contributed by atoms with Crippen LogP contribution in [0.25, 0.3) is 0 Å². The average Bonchev–Trinajstić information content (AvgIpc) is 3.06. The summed E-state index contributed by atoms with van der Waals surface area (Å²) in [7, 11) is 0. The van der Waals surface area contributed by atoms with Crippen molar-refractivity contribution in [3.63, 3.8) is 0 Å². The van der Waals surface area contributed by atoms with Gasteiger partial charge in [-0.15, -0.1) is 10.2 Å². The fraction of sp³-hybridized carbons (Fsp3) is 0.500. The molecule has 128 valence electrons. The van der Waals surface area contributed by atoms with Gasteiger partial charge in [0.2, 0.25) is 17.7 Å². The van der Waals surface area contributed by atoms with Gasteiger partial charge in [-0.05, 0) is 37.0 Å². The molecule has 1 aliphatic rings. The highest BCUT2D eigenvalue weighted by Crippen LogP contribution is 2.27. The number of carbonyl (C=O) groups excluding carboxylic acids is 1. The second-order valence-corrected chi connectivity index (χ2v) is 6.27. The second kappa shape index (κ2) is 7.55. The van der Waals surface area contributed by atoms with Crippen LogP contribution in [-0.2, 0) is 11.2 Å². The third kappa shape index (κ3) is 3.99. The van der Waals surface area contributed by atoms with E-state index in [0.29, 0.717) is 31.2 Å². The van der Waals surface area contributed by atoms with Gasteiger partial charge in [-0.25, -0.2) is 4.39 Å². The lowest BCUT2D eigenvalue weighted by Crippen LogP contribution is -2.39. The second-order valence-electron chi connectivity index (χ2n) is 6.27. The number of likely N-dealkylation sites (tertiary alicyclic amines) is 1. The predicted molar refractivity (Wildman–Crippen MR) is 87.0 cm³/mol. The van der Waals surface area contributed by atoms with Crippen molar-refractivity contribution in [1.29, 1.82) is 0 Å². The number of halogens is 1. The lowest BCUT2D eigenvalue weighted by atomic mass is 9.97. The van der Waals surface area contributed by atoms with E-state index in [4.69, 9.17) is 4.42 Å². The SMILES string of the molecule is CCCC(=O)N1CCCC(c2nnc(Cc3ccc(F)cc3)o2)C1. The summed E-state index contributed by atoms with van der Waals surface area (Å²) < 4.78 is 18.7. The van der Waals surface area contributed by atoms with Crippen LogP contribution in [-0.4, -0.2) is 34.1 Å². The number of hydrogen-bond donors (Lipinski definition) is 0. The van der Waals surface area contributed by atoms with Crippen molar-refractivity contribution in [3.8, 4) is 0 Å². The summed E-state index contributed by atoms with van der Waals surface area (Å²) >= 11 is 0. The number of aromatic nitrogens is 2. The molecule has 0 N–H and O–H groups in total. The molecule has 1 saturated heterocycles. The molecule has 24 heavy (non-hydrogen) atoms. The lowest BCUT2D eigenvalue weighted by Gasteiger charge is -2.31. The molecule has 0 radical (unpaired) electrons. The monoisotopic (exact) mass is 331 g/mol. The summed E-state index contributed by atoms with van der Waals surface area (Å²) in [6.07, 6.45) is 3.84. The minimum absolute atomic E-state index is 0.106. The van der Waals surface area contributed by atoms with Crippen molar-refractivity contribution in [2.75, 3.05) is 13.1 Å². The quantitative estimate of drug-likeness (QED) is 0.843. The molecule has 6 heteroatoms. The van der Waals surface area contributed by atoms with Crippen LogP contribution in [0.2, 0.25) is 0 Å². The molecule has 1 aliphatic heterocycles. The van der Waals surface area contributed by atoms with Crippen molar-refractivity contribution in [2.24, 2.45) is 0 Å². The van der Waals surface area contributed by atoms with Gasteiger partial charge in [-0.1, -0.05) is 19.1 Å². The van der Waals surface area contributed by atoms with Crippen molar-refractivity contribution >= 4 is 5.91 Å². The Kier molecular flexibility index (Phi) is 5.23. The predicted octanol–water partition coefficient (Wildman–Crippen LogP) is 3.31. The normalized spacial score (nSPS) is 17.9. The molecule has 2 aromatic rings. The van der Waals surface area contributed by atoms with Gasteiger partial charge in [-0.2, -0.15) is 0 Å². The maximum Gasteiger partial charge on any atom is 0.222 e. The summed E-state index contributed by atoms with van der Waals surface area (Å²) in [6.45, 7) is 3.47. The van der Waals surface area contributed by atoms with Crippen LogP contribution in [0, 0.1) is 5.82 Å². The highest BCUT2D eigenvalue weighted by atomic mass is 19.1.